The Morgan fingerprint density at radius 2 is 1.63 bits per heavy atom. The fraction of sp³-hybridized carbons (Fsp3) is 0.231. The number of rotatable bonds is 6. The van der Waals surface area contributed by atoms with Crippen LogP contribution in [0.5, 0.6) is 11.5 Å². The normalized spacial score (nSPS) is 26.8. The largest absolute Gasteiger partial charge is 0.504 e. The van der Waals surface area contributed by atoms with Gasteiger partial charge < -0.3 is 9.84 Å². The summed E-state index contributed by atoms with van der Waals surface area (Å²) in [6, 6.07) is 24.0. The molecule has 0 aromatic heterocycles. The Balaban J connectivity index is 1.36. The number of carbonyl (C=O) groups is 4. The zero-order chi connectivity index (χ0) is 35.8. The zero-order valence-corrected chi connectivity index (χ0v) is 29.4. The number of fused-ring (bicyclic) bond motifs is 4. The van der Waals surface area contributed by atoms with Gasteiger partial charge in [-0.25, -0.2) is 4.39 Å². The number of nitrogens with zero attached hydrogens (tertiary/aromatic N) is 2. The van der Waals surface area contributed by atoms with Crippen molar-refractivity contribution in [3.8, 4) is 11.5 Å². The van der Waals surface area contributed by atoms with Crippen LogP contribution in [0.1, 0.15) is 29.9 Å². The monoisotopic (exact) mass is 769 g/mol. The number of imide groups is 2. The van der Waals surface area contributed by atoms with Gasteiger partial charge in [-0.3, -0.25) is 29.5 Å². The molecule has 0 unspecified atom stereocenters. The number of hydrogen-bond acceptors (Lipinski definition) is 7. The van der Waals surface area contributed by atoms with Gasteiger partial charge in [0.2, 0.25) is 11.8 Å². The molecular weight excluding hydrogens is 741 g/mol. The van der Waals surface area contributed by atoms with Gasteiger partial charge in [0.1, 0.15) is 5.82 Å². The number of phenolic OH excluding ortho intramolecular Hbond substituents is 1. The van der Waals surface area contributed by atoms with Crippen LogP contribution in [0.4, 0.5) is 15.8 Å². The fourth-order valence-electron chi connectivity index (χ4n) is 8.80. The van der Waals surface area contributed by atoms with E-state index in [1.165, 1.54) is 36.3 Å². The molecular formula is C39H30BrClFN3O6. The number of halogens is 3. The molecule has 2 N–H and O–H groups in total. The smallest absolute Gasteiger partial charge is 0.260 e. The van der Waals surface area contributed by atoms with Gasteiger partial charge in [0.05, 0.1) is 41.7 Å². The zero-order valence-electron chi connectivity index (χ0n) is 27.1. The highest BCUT2D eigenvalue weighted by molar-refractivity contribution is 9.10. The first kappa shape index (κ1) is 33.2. The number of methoxy groups -OCH3 is 1. The first-order valence-electron chi connectivity index (χ1n) is 16.4. The Hall–Kier alpha value is -5.00. The second-order valence-corrected chi connectivity index (χ2v) is 14.6. The maximum absolute atomic E-state index is 15.3. The lowest BCUT2D eigenvalue weighted by Gasteiger charge is -2.50. The van der Waals surface area contributed by atoms with Crippen molar-refractivity contribution in [3.05, 3.63) is 129 Å². The number of nitrogens with one attached hydrogen (secondary N) is 1. The highest BCUT2D eigenvalue weighted by Gasteiger charge is 2.70. The number of carbonyl (C=O) groups excluding carboxylic acids is 4. The number of hydrazine groups is 1. The maximum atomic E-state index is 15.3. The van der Waals surface area contributed by atoms with Crippen LogP contribution in [0.2, 0.25) is 5.02 Å². The summed E-state index contributed by atoms with van der Waals surface area (Å²) in [7, 11) is 1.41. The molecule has 258 valence electrons. The van der Waals surface area contributed by atoms with Crippen LogP contribution in [-0.4, -0.2) is 40.9 Å². The number of hydrogen-bond donors (Lipinski definition) is 2. The van der Waals surface area contributed by atoms with Gasteiger partial charge >= 0.3 is 0 Å². The number of allylic oxidation sites excluding steroid dienone is 2. The van der Waals surface area contributed by atoms with Crippen LogP contribution in [0.3, 0.4) is 0 Å². The van der Waals surface area contributed by atoms with Gasteiger partial charge in [0.15, 0.2) is 11.5 Å². The molecule has 0 bridgehead atoms. The van der Waals surface area contributed by atoms with Crippen LogP contribution in [0.25, 0.3) is 0 Å². The Morgan fingerprint density at radius 1 is 0.922 bits per heavy atom. The fourth-order valence-corrected chi connectivity index (χ4v) is 9.38. The van der Waals surface area contributed by atoms with Gasteiger partial charge in [0, 0.05) is 21.0 Å². The van der Waals surface area contributed by atoms with Gasteiger partial charge in [-0.15, -0.1) is 0 Å². The van der Waals surface area contributed by atoms with Crippen LogP contribution in [-0.2, 0) is 24.6 Å². The molecule has 0 radical (unpaired) electrons. The molecule has 12 heteroatoms. The van der Waals surface area contributed by atoms with Crippen LogP contribution >= 0.6 is 27.5 Å². The third-order valence-electron chi connectivity index (χ3n) is 10.9. The Labute approximate surface area is 305 Å². The average molecular weight is 771 g/mol. The minimum atomic E-state index is -1.65. The molecule has 2 aliphatic heterocycles. The molecule has 4 aliphatic rings. The van der Waals surface area contributed by atoms with Crippen LogP contribution < -0.4 is 15.1 Å². The first-order chi connectivity index (χ1) is 24.6. The molecule has 4 amide bonds. The number of para-hydroxylation sites is 1. The summed E-state index contributed by atoms with van der Waals surface area (Å²) in [5, 5.41) is 13.2. The minimum Gasteiger partial charge on any atom is -0.504 e. The van der Waals surface area contributed by atoms with E-state index in [9.17, 15) is 23.9 Å². The van der Waals surface area contributed by atoms with Gasteiger partial charge in [-0.2, -0.15) is 5.01 Å². The molecule has 2 saturated heterocycles. The summed E-state index contributed by atoms with van der Waals surface area (Å²) in [6.45, 7) is 0. The van der Waals surface area contributed by atoms with Crippen molar-refractivity contribution in [2.24, 2.45) is 23.7 Å². The molecule has 9 nitrogen and oxygen atoms in total. The van der Waals surface area contributed by atoms with E-state index >= 15 is 4.79 Å². The Morgan fingerprint density at radius 3 is 2.31 bits per heavy atom. The number of ether oxygens (including phenoxy) is 1. The highest BCUT2D eigenvalue weighted by atomic mass is 79.9. The summed E-state index contributed by atoms with van der Waals surface area (Å²) < 4.78 is 20.0. The van der Waals surface area contributed by atoms with E-state index in [1.807, 2.05) is 6.08 Å². The van der Waals surface area contributed by atoms with E-state index in [0.29, 0.717) is 37.6 Å². The molecule has 2 aliphatic carbocycles. The minimum absolute atomic E-state index is 0.0614. The highest BCUT2D eigenvalue weighted by Crippen LogP contribution is 2.65. The number of aromatic hydroxyl groups is 1. The molecule has 8 rings (SSSR count). The van der Waals surface area contributed by atoms with E-state index < -0.39 is 52.6 Å². The van der Waals surface area contributed by atoms with Crippen molar-refractivity contribution < 1.29 is 33.4 Å². The second kappa shape index (κ2) is 12.3. The number of anilines is 2. The lowest BCUT2D eigenvalue weighted by atomic mass is 9.49. The van der Waals surface area contributed by atoms with E-state index in [-0.39, 0.29) is 36.2 Å². The van der Waals surface area contributed by atoms with E-state index in [0.717, 1.165) is 5.01 Å². The summed E-state index contributed by atoms with van der Waals surface area (Å²) in [5.74, 6) is -6.65. The van der Waals surface area contributed by atoms with Gasteiger partial charge in [0.25, 0.3) is 11.8 Å². The van der Waals surface area contributed by atoms with Crippen molar-refractivity contribution in [1.82, 2.24) is 5.01 Å². The molecule has 4 aromatic rings. The van der Waals surface area contributed by atoms with Crippen molar-refractivity contribution in [3.63, 3.8) is 0 Å². The number of phenols is 1. The van der Waals surface area contributed by atoms with Crippen molar-refractivity contribution >= 4 is 62.5 Å². The number of benzene rings is 4. The summed E-state index contributed by atoms with van der Waals surface area (Å²) in [4.78, 5) is 59.6. The Bertz CT molecular complexity index is 2150. The van der Waals surface area contributed by atoms with Gasteiger partial charge in [-0.1, -0.05) is 69.5 Å². The maximum Gasteiger partial charge on any atom is 0.260 e. The first-order valence-corrected chi connectivity index (χ1v) is 17.6. The van der Waals surface area contributed by atoms with Gasteiger partial charge in [-0.05, 0) is 85.0 Å². The number of amides is 4. The molecule has 2 heterocycles. The van der Waals surface area contributed by atoms with E-state index in [1.54, 1.807) is 66.7 Å². The van der Waals surface area contributed by atoms with Crippen molar-refractivity contribution in [2.75, 3.05) is 17.4 Å². The predicted octanol–water partition coefficient (Wildman–Crippen LogP) is 7.15. The standard InChI is InChI=1S/C39H30BrClFN3O6/c1-51-31-18-21(40)17-29(34(31)46)33-26-15-16-27-32(37(49)44(35(27)47)25-5-3-2-4-6-25)28(26)19-30-36(48)45(43-24-13-11-23(42)12-14-24)38(50)39(30,33)20-7-9-22(41)10-8-20/h2-15,17-18,27-28,30,32-33,43,46H,16,19H2,1H3/t27-,28+,30-,32-,33+,39+/m0/s1. The van der Waals surface area contributed by atoms with Crippen molar-refractivity contribution in [1.29, 1.82) is 0 Å². The third kappa shape index (κ3) is 4.92. The summed E-state index contributed by atoms with van der Waals surface area (Å²) >= 11 is 9.90. The Kier molecular flexibility index (Phi) is 8.03. The van der Waals surface area contributed by atoms with Crippen LogP contribution in [0.15, 0.2) is 107 Å². The summed E-state index contributed by atoms with van der Waals surface area (Å²) in [6.07, 6.45) is 2.18. The molecule has 6 atom stereocenters. The van der Waals surface area contributed by atoms with Crippen molar-refractivity contribution in [2.45, 2.75) is 24.2 Å². The molecule has 3 fully saturated rings. The van der Waals surface area contributed by atoms with E-state index in [2.05, 4.69) is 21.4 Å². The third-order valence-corrected chi connectivity index (χ3v) is 11.6. The lowest BCUT2D eigenvalue weighted by Crippen LogP contribution is -2.53. The lowest BCUT2D eigenvalue weighted by molar-refractivity contribution is -0.138. The molecule has 0 spiro atoms. The molecule has 51 heavy (non-hydrogen) atoms. The van der Waals surface area contributed by atoms with E-state index in [4.69, 9.17) is 16.3 Å². The molecule has 1 saturated carbocycles. The van der Waals surface area contributed by atoms with Crippen LogP contribution in [0, 0.1) is 29.5 Å². The predicted molar refractivity (Wildman–Crippen MR) is 190 cm³/mol. The summed E-state index contributed by atoms with van der Waals surface area (Å²) in [5.41, 5.74) is 3.47. The quantitative estimate of drug-likeness (QED) is 0.158. The molecule has 4 aromatic carbocycles. The SMILES string of the molecule is COc1cc(Br)cc([C@H]2C3=CC[C@@H]4C(=O)N(c5ccccc5)C(=O)[C@@H]4[C@@H]3C[C@H]3C(=O)N(Nc4ccc(F)cc4)C(=O)[C@@]23c2ccc(Cl)cc2)c1O. The average Bonchev–Trinajstić information content (AvgIpc) is 3.51. The topological polar surface area (TPSA) is 116 Å². The second-order valence-electron chi connectivity index (χ2n) is 13.3.